The summed E-state index contributed by atoms with van der Waals surface area (Å²) in [7, 11) is 0. The van der Waals surface area contributed by atoms with Crippen LogP contribution in [0.15, 0.2) is 41.2 Å². The van der Waals surface area contributed by atoms with Crippen molar-refractivity contribution >= 4 is 17.3 Å². The summed E-state index contributed by atoms with van der Waals surface area (Å²) in [4.78, 5) is 28.4. The topological polar surface area (TPSA) is 74.4 Å². The van der Waals surface area contributed by atoms with Crippen molar-refractivity contribution in [1.82, 2.24) is 4.98 Å². The lowest BCUT2D eigenvalue weighted by atomic mass is 10.1. The SMILES string of the molecule is Cc1ccc(N2CCOCC2)cc1NC(=O)c1cccc(=O)[nH]1. The van der Waals surface area contributed by atoms with E-state index in [1.807, 2.05) is 25.1 Å². The van der Waals surface area contributed by atoms with Gasteiger partial charge < -0.3 is 19.9 Å². The molecule has 0 saturated carbocycles. The second-order valence-electron chi connectivity index (χ2n) is 5.48. The van der Waals surface area contributed by atoms with E-state index in [1.54, 1.807) is 12.1 Å². The van der Waals surface area contributed by atoms with Crippen molar-refractivity contribution in [3.05, 3.63) is 58.0 Å². The molecule has 1 aliphatic rings. The van der Waals surface area contributed by atoms with Gasteiger partial charge in [-0.25, -0.2) is 0 Å². The van der Waals surface area contributed by atoms with Crippen LogP contribution in [-0.4, -0.2) is 37.2 Å². The fourth-order valence-corrected chi connectivity index (χ4v) is 2.53. The van der Waals surface area contributed by atoms with Crippen LogP contribution in [0.2, 0.25) is 0 Å². The molecule has 1 aromatic heterocycles. The van der Waals surface area contributed by atoms with Gasteiger partial charge >= 0.3 is 0 Å². The number of hydrogen-bond acceptors (Lipinski definition) is 4. The van der Waals surface area contributed by atoms with Gasteiger partial charge in [0, 0.05) is 30.5 Å². The number of aromatic nitrogens is 1. The summed E-state index contributed by atoms with van der Waals surface area (Å²) in [6.07, 6.45) is 0. The van der Waals surface area contributed by atoms with Crippen LogP contribution in [0, 0.1) is 6.92 Å². The predicted octanol–water partition coefficient (Wildman–Crippen LogP) is 1.77. The number of nitrogens with zero attached hydrogens (tertiary/aromatic N) is 1. The highest BCUT2D eigenvalue weighted by atomic mass is 16.5. The molecule has 0 bridgehead atoms. The number of carbonyl (C=O) groups excluding carboxylic acids is 1. The van der Waals surface area contributed by atoms with Crippen molar-refractivity contribution in [3.8, 4) is 0 Å². The van der Waals surface area contributed by atoms with Crippen LogP contribution >= 0.6 is 0 Å². The third kappa shape index (κ3) is 3.60. The van der Waals surface area contributed by atoms with E-state index in [1.165, 1.54) is 6.07 Å². The number of aryl methyl sites for hydroxylation is 1. The summed E-state index contributed by atoms with van der Waals surface area (Å²) in [5, 5.41) is 2.87. The highest BCUT2D eigenvalue weighted by Crippen LogP contribution is 2.24. The van der Waals surface area contributed by atoms with Gasteiger partial charge in [0.1, 0.15) is 5.69 Å². The van der Waals surface area contributed by atoms with Crippen LogP contribution in [-0.2, 0) is 4.74 Å². The molecule has 1 amide bonds. The molecule has 0 aliphatic carbocycles. The fraction of sp³-hybridized carbons (Fsp3) is 0.294. The number of aromatic amines is 1. The average molecular weight is 313 g/mol. The molecule has 120 valence electrons. The summed E-state index contributed by atoms with van der Waals surface area (Å²) < 4.78 is 5.36. The predicted molar refractivity (Wildman–Crippen MR) is 89.2 cm³/mol. The molecule has 6 nitrogen and oxygen atoms in total. The molecule has 1 saturated heterocycles. The first-order valence-electron chi connectivity index (χ1n) is 7.57. The van der Waals surface area contributed by atoms with Gasteiger partial charge in [0.15, 0.2) is 0 Å². The molecule has 1 aliphatic heterocycles. The summed E-state index contributed by atoms with van der Waals surface area (Å²) in [5.74, 6) is -0.329. The zero-order valence-electron chi connectivity index (χ0n) is 13.0. The van der Waals surface area contributed by atoms with Crippen LogP contribution in [0.1, 0.15) is 16.1 Å². The lowest BCUT2D eigenvalue weighted by Gasteiger charge is -2.29. The Labute approximate surface area is 134 Å². The van der Waals surface area contributed by atoms with Crippen LogP contribution < -0.4 is 15.8 Å². The first kappa shape index (κ1) is 15.3. The highest BCUT2D eigenvalue weighted by Gasteiger charge is 2.14. The van der Waals surface area contributed by atoms with E-state index in [2.05, 4.69) is 15.2 Å². The minimum Gasteiger partial charge on any atom is -0.378 e. The van der Waals surface area contributed by atoms with E-state index < -0.39 is 0 Å². The highest BCUT2D eigenvalue weighted by molar-refractivity contribution is 6.03. The molecule has 2 N–H and O–H groups in total. The van der Waals surface area contributed by atoms with Crippen molar-refractivity contribution in [2.75, 3.05) is 36.5 Å². The molecule has 0 unspecified atom stereocenters. The van der Waals surface area contributed by atoms with Gasteiger partial charge in [-0.05, 0) is 30.7 Å². The van der Waals surface area contributed by atoms with E-state index in [0.717, 1.165) is 30.0 Å². The van der Waals surface area contributed by atoms with Gasteiger partial charge in [0.2, 0.25) is 5.56 Å². The third-order valence-corrected chi connectivity index (χ3v) is 3.86. The van der Waals surface area contributed by atoms with E-state index >= 15 is 0 Å². The molecule has 3 rings (SSSR count). The molecule has 2 heterocycles. The number of nitrogens with one attached hydrogen (secondary N) is 2. The van der Waals surface area contributed by atoms with E-state index in [-0.39, 0.29) is 17.2 Å². The Morgan fingerprint density at radius 3 is 2.74 bits per heavy atom. The van der Waals surface area contributed by atoms with Crippen LogP contribution in [0.5, 0.6) is 0 Å². The van der Waals surface area contributed by atoms with Crippen LogP contribution in [0.25, 0.3) is 0 Å². The zero-order chi connectivity index (χ0) is 16.2. The molecule has 0 atom stereocenters. The first-order valence-corrected chi connectivity index (χ1v) is 7.57. The number of amides is 1. The van der Waals surface area contributed by atoms with Crippen molar-refractivity contribution in [2.45, 2.75) is 6.92 Å². The Balaban J connectivity index is 1.81. The van der Waals surface area contributed by atoms with Crippen LogP contribution in [0.4, 0.5) is 11.4 Å². The second kappa shape index (κ2) is 6.66. The maximum absolute atomic E-state index is 12.3. The smallest absolute Gasteiger partial charge is 0.272 e. The van der Waals surface area contributed by atoms with E-state index in [4.69, 9.17) is 4.74 Å². The van der Waals surface area contributed by atoms with Gasteiger partial charge in [-0.2, -0.15) is 0 Å². The van der Waals surface area contributed by atoms with Crippen molar-refractivity contribution in [3.63, 3.8) is 0 Å². The minimum atomic E-state index is -0.329. The average Bonchev–Trinajstić information content (AvgIpc) is 2.57. The lowest BCUT2D eigenvalue weighted by Crippen LogP contribution is -2.36. The molecular weight excluding hydrogens is 294 g/mol. The molecule has 23 heavy (non-hydrogen) atoms. The van der Waals surface area contributed by atoms with Gasteiger partial charge in [-0.3, -0.25) is 9.59 Å². The number of rotatable bonds is 3. The number of hydrogen-bond donors (Lipinski definition) is 2. The number of carbonyl (C=O) groups is 1. The van der Waals surface area contributed by atoms with Crippen molar-refractivity contribution < 1.29 is 9.53 Å². The molecule has 1 aromatic carbocycles. The number of pyridine rings is 1. The van der Waals surface area contributed by atoms with Crippen LogP contribution in [0.3, 0.4) is 0 Å². The molecule has 0 radical (unpaired) electrons. The quantitative estimate of drug-likeness (QED) is 0.906. The summed E-state index contributed by atoms with van der Waals surface area (Å²) >= 11 is 0. The molecular formula is C17H19N3O3. The normalized spacial score (nSPS) is 14.6. The Morgan fingerprint density at radius 2 is 2.00 bits per heavy atom. The number of morpholine rings is 1. The van der Waals surface area contributed by atoms with E-state index in [0.29, 0.717) is 13.2 Å². The largest absolute Gasteiger partial charge is 0.378 e. The Morgan fingerprint density at radius 1 is 1.22 bits per heavy atom. The third-order valence-electron chi connectivity index (χ3n) is 3.86. The number of anilines is 2. The maximum Gasteiger partial charge on any atom is 0.272 e. The minimum absolute atomic E-state index is 0.244. The zero-order valence-corrected chi connectivity index (χ0v) is 13.0. The molecule has 0 spiro atoms. The lowest BCUT2D eigenvalue weighted by molar-refractivity contribution is 0.102. The Kier molecular flexibility index (Phi) is 4.43. The molecule has 6 heteroatoms. The maximum atomic E-state index is 12.3. The van der Waals surface area contributed by atoms with Gasteiger partial charge in [0.05, 0.1) is 13.2 Å². The Hall–Kier alpha value is -2.60. The van der Waals surface area contributed by atoms with Crippen molar-refractivity contribution in [1.29, 1.82) is 0 Å². The number of ether oxygens (including phenoxy) is 1. The summed E-state index contributed by atoms with van der Waals surface area (Å²) in [6.45, 7) is 5.03. The first-order chi connectivity index (χ1) is 11.1. The summed E-state index contributed by atoms with van der Waals surface area (Å²) in [6, 6.07) is 10.5. The van der Waals surface area contributed by atoms with Gasteiger partial charge in [0.25, 0.3) is 5.91 Å². The van der Waals surface area contributed by atoms with Crippen molar-refractivity contribution in [2.24, 2.45) is 0 Å². The van der Waals surface area contributed by atoms with Gasteiger partial charge in [-0.1, -0.05) is 12.1 Å². The standard InChI is InChI=1S/C17H19N3O3/c1-12-5-6-13(20-7-9-23-10-8-20)11-15(12)19-17(22)14-3-2-4-16(21)18-14/h2-6,11H,7-10H2,1H3,(H,18,21)(H,19,22). The molecule has 2 aromatic rings. The Bertz CT molecular complexity index is 764. The summed E-state index contributed by atoms with van der Waals surface area (Å²) in [5.41, 5.74) is 2.71. The van der Waals surface area contributed by atoms with E-state index in [9.17, 15) is 9.59 Å². The monoisotopic (exact) mass is 313 g/mol. The second-order valence-corrected chi connectivity index (χ2v) is 5.48. The number of H-pyrrole nitrogens is 1. The molecule has 1 fully saturated rings. The fourth-order valence-electron chi connectivity index (χ4n) is 2.53. The van der Waals surface area contributed by atoms with Gasteiger partial charge in [-0.15, -0.1) is 0 Å². The number of benzene rings is 1.